The number of rotatable bonds is 4. The highest BCUT2D eigenvalue weighted by Gasteiger charge is 2.23. The molecule has 94 valence electrons. The molecule has 0 heterocycles. The zero-order valence-electron chi connectivity index (χ0n) is 10.6. The minimum atomic E-state index is -0.967. The Hall–Kier alpha value is -1.64. The molecular weight excluding hydrogens is 222 g/mol. The third-order valence-electron chi connectivity index (χ3n) is 3.23. The molecule has 1 atom stereocenters. The molecule has 0 aliphatic heterocycles. The van der Waals surface area contributed by atoms with Crippen molar-refractivity contribution < 1.29 is 5.11 Å². The minimum absolute atomic E-state index is 0.221. The fourth-order valence-electron chi connectivity index (χ4n) is 2.13. The van der Waals surface area contributed by atoms with Gasteiger partial charge in [-0.3, -0.25) is 0 Å². The molecule has 0 amide bonds. The lowest BCUT2D eigenvalue weighted by Gasteiger charge is -2.24. The third kappa shape index (κ3) is 2.78. The summed E-state index contributed by atoms with van der Waals surface area (Å²) in [6.07, 6.45) is 0.813. The highest BCUT2D eigenvalue weighted by molar-refractivity contribution is 5.36. The second-order valence-electron chi connectivity index (χ2n) is 4.80. The number of hydrogen-bond acceptors (Lipinski definition) is 2. The van der Waals surface area contributed by atoms with Crippen molar-refractivity contribution in [1.29, 1.82) is 0 Å². The largest absolute Gasteiger partial charge is 0.384 e. The van der Waals surface area contributed by atoms with Crippen molar-refractivity contribution in [3.63, 3.8) is 0 Å². The number of nitrogens with two attached hydrogens (primary N) is 1. The summed E-state index contributed by atoms with van der Waals surface area (Å²) >= 11 is 0. The van der Waals surface area contributed by atoms with Crippen molar-refractivity contribution in [2.24, 2.45) is 5.73 Å². The highest BCUT2D eigenvalue weighted by Crippen LogP contribution is 2.25. The molecule has 0 aliphatic carbocycles. The van der Waals surface area contributed by atoms with Crippen LogP contribution < -0.4 is 5.73 Å². The Bertz CT molecular complexity index is 506. The molecule has 2 aromatic rings. The molecule has 0 unspecified atom stereocenters. The number of aliphatic hydroxyl groups is 1. The van der Waals surface area contributed by atoms with Gasteiger partial charge < -0.3 is 10.8 Å². The molecule has 0 bridgehead atoms. The Morgan fingerprint density at radius 2 is 1.61 bits per heavy atom. The Kier molecular flexibility index (Phi) is 3.80. The van der Waals surface area contributed by atoms with E-state index < -0.39 is 5.60 Å². The van der Waals surface area contributed by atoms with Crippen molar-refractivity contribution in [1.82, 2.24) is 0 Å². The maximum atomic E-state index is 10.3. The Morgan fingerprint density at radius 3 is 2.28 bits per heavy atom. The summed E-state index contributed by atoms with van der Waals surface area (Å²) in [5.74, 6) is 0. The van der Waals surface area contributed by atoms with Crippen LogP contribution in [0.3, 0.4) is 0 Å². The lowest BCUT2D eigenvalue weighted by molar-refractivity contribution is 0.0660. The Morgan fingerprint density at radius 1 is 1.00 bits per heavy atom. The van der Waals surface area contributed by atoms with Crippen molar-refractivity contribution in [2.45, 2.75) is 18.9 Å². The summed E-state index contributed by atoms with van der Waals surface area (Å²) in [5, 5.41) is 10.3. The summed E-state index contributed by atoms with van der Waals surface area (Å²) in [5.41, 5.74) is 7.96. The molecule has 2 rings (SSSR count). The van der Waals surface area contributed by atoms with E-state index in [4.69, 9.17) is 5.73 Å². The highest BCUT2D eigenvalue weighted by atomic mass is 16.3. The molecule has 0 spiro atoms. The minimum Gasteiger partial charge on any atom is -0.384 e. The van der Waals surface area contributed by atoms with Crippen LogP contribution in [-0.4, -0.2) is 11.7 Å². The van der Waals surface area contributed by atoms with Gasteiger partial charge >= 0.3 is 0 Å². The lowest BCUT2D eigenvalue weighted by atomic mass is 9.89. The van der Waals surface area contributed by atoms with E-state index in [0.717, 1.165) is 17.5 Å². The summed E-state index contributed by atoms with van der Waals surface area (Å²) in [6.45, 7) is 1.98. The number of hydrogen-bond donors (Lipinski definition) is 2. The average molecular weight is 241 g/mol. The quantitative estimate of drug-likeness (QED) is 0.863. The van der Waals surface area contributed by atoms with Gasteiger partial charge in [-0.2, -0.15) is 0 Å². The summed E-state index contributed by atoms with van der Waals surface area (Å²) in [6, 6.07) is 18.2. The van der Waals surface area contributed by atoms with Gasteiger partial charge in [-0.05, 0) is 30.0 Å². The van der Waals surface area contributed by atoms with Gasteiger partial charge in [0.05, 0.1) is 5.60 Å². The molecule has 2 aromatic carbocycles. The maximum Gasteiger partial charge on any atom is 0.0992 e. The van der Waals surface area contributed by atoms with Crippen LogP contribution in [0.4, 0.5) is 0 Å². The zero-order valence-corrected chi connectivity index (χ0v) is 10.6. The van der Waals surface area contributed by atoms with E-state index in [9.17, 15) is 5.11 Å². The average Bonchev–Trinajstić information content (AvgIpc) is 2.40. The second-order valence-corrected chi connectivity index (χ2v) is 4.80. The molecule has 0 fully saturated rings. The number of benzene rings is 2. The van der Waals surface area contributed by atoms with E-state index in [1.807, 2.05) is 42.5 Å². The predicted octanol–water partition coefficient (Wildman–Crippen LogP) is 2.44. The van der Waals surface area contributed by atoms with Crippen LogP contribution in [-0.2, 0) is 12.0 Å². The first kappa shape index (κ1) is 12.8. The summed E-state index contributed by atoms with van der Waals surface area (Å²) in [4.78, 5) is 0. The van der Waals surface area contributed by atoms with Gasteiger partial charge in [-0.15, -0.1) is 0 Å². The monoisotopic (exact) mass is 241 g/mol. The van der Waals surface area contributed by atoms with Crippen LogP contribution >= 0.6 is 0 Å². The molecule has 0 saturated carbocycles. The van der Waals surface area contributed by atoms with Gasteiger partial charge in [0, 0.05) is 6.54 Å². The topological polar surface area (TPSA) is 46.2 Å². The molecule has 2 nitrogen and oxygen atoms in total. The summed E-state index contributed by atoms with van der Waals surface area (Å²) < 4.78 is 0. The van der Waals surface area contributed by atoms with E-state index in [1.54, 1.807) is 6.92 Å². The SMILES string of the molecule is C[C@@](O)(CN)c1ccccc1Cc1ccccc1. The fourth-order valence-corrected chi connectivity index (χ4v) is 2.13. The van der Waals surface area contributed by atoms with Crippen molar-refractivity contribution in [3.05, 3.63) is 71.3 Å². The third-order valence-corrected chi connectivity index (χ3v) is 3.23. The van der Waals surface area contributed by atoms with Crippen LogP contribution in [0.15, 0.2) is 54.6 Å². The van der Waals surface area contributed by atoms with Gasteiger partial charge in [-0.1, -0.05) is 54.6 Å². The second kappa shape index (κ2) is 5.34. The smallest absolute Gasteiger partial charge is 0.0992 e. The zero-order chi connectivity index (χ0) is 13.0. The predicted molar refractivity (Wildman–Crippen MR) is 74.3 cm³/mol. The van der Waals surface area contributed by atoms with Crippen LogP contribution in [0.1, 0.15) is 23.6 Å². The molecule has 0 saturated heterocycles. The Balaban J connectivity index is 2.34. The first-order chi connectivity index (χ1) is 8.63. The maximum absolute atomic E-state index is 10.3. The molecule has 0 radical (unpaired) electrons. The molecular formula is C16H19NO. The molecule has 18 heavy (non-hydrogen) atoms. The van der Waals surface area contributed by atoms with E-state index in [0.29, 0.717) is 0 Å². The van der Waals surface area contributed by atoms with E-state index >= 15 is 0 Å². The van der Waals surface area contributed by atoms with E-state index in [-0.39, 0.29) is 6.54 Å². The first-order valence-corrected chi connectivity index (χ1v) is 6.18. The van der Waals surface area contributed by atoms with Gasteiger partial charge in [0.15, 0.2) is 0 Å². The Labute approximate surface area is 108 Å². The molecule has 0 aliphatic rings. The lowest BCUT2D eigenvalue weighted by Crippen LogP contribution is -2.32. The standard InChI is InChI=1S/C16H19NO/c1-16(18,12-17)15-10-6-5-9-14(15)11-13-7-3-2-4-8-13/h2-10,18H,11-12,17H2,1H3/t16-/m1/s1. The van der Waals surface area contributed by atoms with Crippen LogP contribution in [0.2, 0.25) is 0 Å². The molecule has 3 N–H and O–H groups in total. The van der Waals surface area contributed by atoms with Gasteiger partial charge in [-0.25, -0.2) is 0 Å². The van der Waals surface area contributed by atoms with Gasteiger partial charge in [0.1, 0.15) is 0 Å². The molecule has 0 aromatic heterocycles. The van der Waals surface area contributed by atoms with Crippen molar-refractivity contribution in [2.75, 3.05) is 6.54 Å². The van der Waals surface area contributed by atoms with Crippen molar-refractivity contribution in [3.8, 4) is 0 Å². The van der Waals surface area contributed by atoms with Crippen LogP contribution in [0.5, 0.6) is 0 Å². The van der Waals surface area contributed by atoms with Crippen LogP contribution in [0.25, 0.3) is 0 Å². The normalized spacial score (nSPS) is 14.2. The molecule has 2 heteroatoms. The van der Waals surface area contributed by atoms with Gasteiger partial charge in [0.25, 0.3) is 0 Å². The fraction of sp³-hybridized carbons (Fsp3) is 0.250. The summed E-state index contributed by atoms with van der Waals surface area (Å²) in [7, 11) is 0. The van der Waals surface area contributed by atoms with Gasteiger partial charge in [0.2, 0.25) is 0 Å². The van der Waals surface area contributed by atoms with E-state index in [1.165, 1.54) is 5.56 Å². The van der Waals surface area contributed by atoms with Crippen LogP contribution in [0, 0.1) is 0 Å². The van der Waals surface area contributed by atoms with E-state index in [2.05, 4.69) is 12.1 Å². The first-order valence-electron chi connectivity index (χ1n) is 6.18. The van der Waals surface area contributed by atoms with Crippen molar-refractivity contribution >= 4 is 0 Å².